The Kier molecular flexibility index (Phi) is 4.34. The van der Waals surface area contributed by atoms with Crippen molar-refractivity contribution in [3.8, 4) is 0 Å². The molecule has 0 atom stereocenters. The molecule has 1 heterocycles. The molecule has 0 aliphatic heterocycles. The molecule has 1 saturated carbocycles. The fourth-order valence-electron chi connectivity index (χ4n) is 2.80. The first kappa shape index (κ1) is 13.9. The van der Waals surface area contributed by atoms with Gasteiger partial charge in [0.2, 0.25) is 0 Å². The Bertz CT molecular complexity index is 577. The van der Waals surface area contributed by atoms with Crippen molar-refractivity contribution in [1.82, 2.24) is 9.97 Å². The third kappa shape index (κ3) is 3.94. The molecule has 21 heavy (non-hydrogen) atoms. The lowest BCUT2D eigenvalue weighted by molar-refractivity contribution is 0.748. The zero-order valence-corrected chi connectivity index (χ0v) is 12.5. The highest BCUT2D eigenvalue weighted by Crippen LogP contribution is 2.22. The first-order chi connectivity index (χ1) is 10.3. The second kappa shape index (κ2) is 6.57. The Morgan fingerprint density at radius 2 is 1.76 bits per heavy atom. The summed E-state index contributed by atoms with van der Waals surface area (Å²) in [4.78, 5) is 8.95. The zero-order valence-electron chi connectivity index (χ0n) is 12.5. The molecule has 1 aliphatic rings. The maximum atomic E-state index is 4.49. The van der Waals surface area contributed by atoms with E-state index in [4.69, 9.17) is 0 Å². The molecule has 2 aromatic rings. The van der Waals surface area contributed by atoms with E-state index in [-0.39, 0.29) is 0 Å². The lowest BCUT2D eigenvalue weighted by atomic mass is 10.2. The Morgan fingerprint density at radius 1 is 1.05 bits per heavy atom. The highest BCUT2D eigenvalue weighted by Gasteiger charge is 2.15. The van der Waals surface area contributed by atoms with E-state index in [1.165, 1.54) is 31.2 Å². The Morgan fingerprint density at radius 3 is 2.52 bits per heavy atom. The molecule has 0 saturated heterocycles. The minimum atomic E-state index is 0.571. The van der Waals surface area contributed by atoms with E-state index in [1.54, 1.807) is 0 Å². The minimum absolute atomic E-state index is 0.571. The average molecular weight is 282 g/mol. The van der Waals surface area contributed by atoms with Gasteiger partial charge >= 0.3 is 0 Å². The van der Waals surface area contributed by atoms with Gasteiger partial charge in [-0.15, -0.1) is 0 Å². The van der Waals surface area contributed by atoms with Crippen molar-refractivity contribution in [2.45, 2.75) is 45.2 Å². The number of aromatic nitrogens is 2. The van der Waals surface area contributed by atoms with Gasteiger partial charge in [-0.2, -0.15) is 0 Å². The maximum Gasteiger partial charge on any atom is 0.132 e. The fourth-order valence-corrected chi connectivity index (χ4v) is 2.80. The summed E-state index contributed by atoms with van der Waals surface area (Å²) in [6.07, 6.45) is 5.13. The maximum absolute atomic E-state index is 4.49. The average Bonchev–Trinajstić information content (AvgIpc) is 2.99. The molecular weight excluding hydrogens is 260 g/mol. The van der Waals surface area contributed by atoms with Gasteiger partial charge in [0.05, 0.1) is 0 Å². The zero-order chi connectivity index (χ0) is 14.5. The molecule has 3 rings (SSSR count). The molecule has 4 nitrogen and oxygen atoms in total. The van der Waals surface area contributed by atoms with E-state index >= 15 is 0 Å². The van der Waals surface area contributed by atoms with Crippen LogP contribution in [0.15, 0.2) is 36.4 Å². The van der Waals surface area contributed by atoms with E-state index in [9.17, 15) is 0 Å². The summed E-state index contributed by atoms with van der Waals surface area (Å²) < 4.78 is 0. The van der Waals surface area contributed by atoms with Crippen molar-refractivity contribution in [3.63, 3.8) is 0 Å². The summed E-state index contributed by atoms with van der Waals surface area (Å²) in [6, 6.07) is 12.9. The number of benzene rings is 1. The van der Waals surface area contributed by atoms with E-state index in [1.807, 2.05) is 19.1 Å². The second-order valence-electron chi connectivity index (χ2n) is 5.65. The van der Waals surface area contributed by atoms with Crippen LogP contribution in [0.4, 0.5) is 11.6 Å². The van der Waals surface area contributed by atoms with Crippen LogP contribution in [0.2, 0.25) is 0 Å². The number of hydrogen-bond acceptors (Lipinski definition) is 4. The molecular formula is C17H22N4. The smallest absolute Gasteiger partial charge is 0.132 e. The van der Waals surface area contributed by atoms with Gasteiger partial charge in [0.15, 0.2) is 0 Å². The number of hydrogen-bond donors (Lipinski definition) is 2. The molecule has 1 aromatic heterocycles. The van der Waals surface area contributed by atoms with Crippen molar-refractivity contribution >= 4 is 11.6 Å². The van der Waals surface area contributed by atoms with Crippen molar-refractivity contribution in [1.29, 1.82) is 0 Å². The third-order valence-corrected chi connectivity index (χ3v) is 3.86. The normalized spacial score (nSPS) is 15.1. The number of nitrogens with zero attached hydrogens (tertiary/aromatic N) is 2. The van der Waals surface area contributed by atoms with Crippen molar-refractivity contribution in [2.24, 2.45) is 0 Å². The van der Waals surface area contributed by atoms with Crippen molar-refractivity contribution in [2.75, 3.05) is 10.6 Å². The predicted octanol–water partition coefficient (Wildman–Crippen LogP) is 3.75. The van der Waals surface area contributed by atoms with Crippen molar-refractivity contribution < 1.29 is 0 Å². The van der Waals surface area contributed by atoms with Crippen LogP contribution in [0, 0.1) is 6.92 Å². The molecule has 0 spiro atoms. The van der Waals surface area contributed by atoms with E-state index < -0.39 is 0 Å². The van der Waals surface area contributed by atoms with Crippen LogP contribution in [0.5, 0.6) is 0 Å². The number of nitrogens with one attached hydrogen (secondary N) is 2. The van der Waals surface area contributed by atoms with E-state index in [2.05, 4.69) is 44.9 Å². The lowest BCUT2D eigenvalue weighted by Gasteiger charge is -2.14. The van der Waals surface area contributed by atoms with Gasteiger partial charge in [0.25, 0.3) is 0 Å². The summed E-state index contributed by atoms with van der Waals surface area (Å²) in [7, 11) is 0. The molecule has 2 N–H and O–H groups in total. The van der Waals surface area contributed by atoms with Crippen LogP contribution < -0.4 is 10.6 Å². The molecule has 0 unspecified atom stereocenters. The topological polar surface area (TPSA) is 49.8 Å². The molecule has 1 aliphatic carbocycles. The molecule has 0 amide bonds. The third-order valence-electron chi connectivity index (χ3n) is 3.86. The molecule has 1 aromatic carbocycles. The van der Waals surface area contributed by atoms with Crippen LogP contribution in [0.25, 0.3) is 0 Å². The minimum Gasteiger partial charge on any atom is -0.367 e. The molecule has 4 heteroatoms. The predicted molar refractivity (Wildman–Crippen MR) is 86.4 cm³/mol. The van der Waals surface area contributed by atoms with Crippen LogP contribution in [0.1, 0.15) is 37.1 Å². The van der Waals surface area contributed by atoms with Crippen LogP contribution in [-0.2, 0) is 6.54 Å². The van der Waals surface area contributed by atoms with Crippen LogP contribution in [-0.4, -0.2) is 16.0 Å². The summed E-state index contributed by atoms with van der Waals surface area (Å²) in [6.45, 7) is 2.72. The molecule has 1 fully saturated rings. The monoisotopic (exact) mass is 282 g/mol. The van der Waals surface area contributed by atoms with Gasteiger partial charge in [0, 0.05) is 18.7 Å². The molecule has 110 valence electrons. The number of rotatable bonds is 5. The van der Waals surface area contributed by atoms with E-state index in [0.717, 1.165) is 24.0 Å². The van der Waals surface area contributed by atoms with Gasteiger partial charge in [-0.05, 0) is 25.3 Å². The summed E-state index contributed by atoms with van der Waals surface area (Å²) >= 11 is 0. The Balaban J connectivity index is 1.65. The van der Waals surface area contributed by atoms with Gasteiger partial charge in [-0.25, -0.2) is 9.97 Å². The fraction of sp³-hybridized carbons (Fsp3) is 0.412. The highest BCUT2D eigenvalue weighted by molar-refractivity contribution is 5.48. The first-order valence-corrected chi connectivity index (χ1v) is 7.69. The second-order valence-corrected chi connectivity index (χ2v) is 5.65. The van der Waals surface area contributed by atoms with Gasteiger partial charge in [0.1, 0.15) is 17.5 Å². The molecule has 0 radical (unpaired) electrons. The van der Waals surface area contributed by atoms with Gasteiger partial charge in [-0.3, -0.25) is 0 Å². The largest absolute Gasteiger partial charge is 0.367 e. The van der Waals surface area contributed by atoms with Crippen LogP contribution in [0.3, 0.4) is 0 Å². The summed E-state index contributed by atoms with van der Waals surface area (Å²) in [5.41, 5.74) is 1.25. The Labute approximate surface area is 126 Å². The lowest BCUT2D eigenvalue weighted by Crippen LogP contribution is -2.16. The van der Waals surface area contributed by atoms with Gasteiger partial charge in [-0.1, -0.05) is 43.2 Å². The molecule has 0 bridgehead atoms. The van der Waals surface area contributed by atoms with Gasteiger partial charge < -0.3 is 10.6 Å². The number of aryl methyl sites for hydroxylation is 1. The standard InChI is InChI=1S/C17H22N4/c1-13-19-16(18-12-14-7-3-2-4-8-14)11-17(20-13)21-15-9-5-6-10-15/h2-4,7-8,11,15H,5-6,9-10,12H2,1H3,(H2,18,19,20,21). The van der Waals surface area contributed by atoms with E-state index in [0.29, 0.717) is 6.04 Å². The SMILES string of the molecule is Cc1nc(NCc2ccccc2)cc(NC2CCCC2)n1. The number of anilines is 2. The summed E-state index contributed by atoms with van der Waals surface area (Å²) in [5.74, 6) is 2.62. The van der Waals surface area contributed by atoms with Crippen molar-refractivity contribution in [3.05, 3.63) is 47.8 Å². The van der Waals surface area contributed by atoms with Crippen LogP contribution >= 0.6 is 0 Å². The summed E-state index contributed by atoms with van der Waals surface area (Å²) in [5, 5.41) is 6.91. The quantitative estimate of drug-likeness (QED) is 0.877. The first-order valence-electron chi connectivity index (χ1n) is 7.69. The highest BCUT2D eigenvalue weighted by atomic mass is 15.1. The Hall–Kier alpha value is -2.10.